The van der Waals surface area contributed by atoms with Gasteiger partial charge in [0.2, 0.25) is 10.0 Å². The van der Waals surface area contributed by atoms with E-state index in [1.54, 1.807) is 25.1 Å². The Hall–Kier alpha value is -2.65. The van der Waals surface area contributed by atoms with E-state index in [0.717, 1.165) is 68.0 Å². The van der Waals surface area contributed by atoms with Gasteiger partial charge in [-0.15, -0.1) is 12.4 Å². The Bertz CT molecular complexity index is 1100. The molecule has 0 atom stereocenters. The number of sulfonamides is 1. The first-order chi connectivity index (χ1) is 15.6. The summed E-state index contributed by atoms with van der Waals surface area (Å²) in [7, 11) is 0.182. The van der Waals surface area contributed by atoms with E-state index < -0.39 is 10.0 Å². The van der Waals surface area contributed by atoms with Crippen molar-refractivity contribution in [3.63, 3.8) is 0 Å². The van der Waals surface area contributed by atoms with Gasteiger partial charge in [0.1, 0.15) is 0 Å². The molecule has 8 nitrogen and oxygen atoms in total. The van der Waals surface area contributed by atoms with Gasteiger partial charge in [-0.05, 0) is 43.2 Å². The van der Waals surface area contributed by atoms with Gasteiger partial charge in [0.05, 0.1) is 34.6 Å². The van der Waals surface area contributed by atoms with Crippen molar-refractivity contribution in [2.75, 3.05) is 72.9 Å². The summed E-state index contributed by atoms with van der Waals surface area (Å²) in [6, 6.07) is 11.6. The van der Waals surface area contributed by atoms with Gasteiger partial charge in [0.25, 0.3) is 5.91 Å². The third-order valence-electron chi connectivity index (χ3n) is 5.61. The number of nitrogens with zero attached hydrogens (tertiary/aromatic N) is 3. The number of nitrogens with one attached hydrogen (secondary N) is 2. The summed E-state index contributed by atoms with van der Waals surface area (Å²) in [4.78, 5) is 19.0. The molecule has 1 aliphatic heterocycles. The van der Waals surface area contributed by atoms with Gasteiger partial charge in [-0.3, -0.25) is 9.52 Å². The topological polar surface area (TPSA) is 85.0 Å². The molecule has 3 rings (SSSR count). The van der Waals surface area contributed by atoms with Crippen molar-refractivity contribution in [1.29, 1.82) is 0 Å². The van der Waals surface area contributed by atoms with Crippen LogP contribution in [0.15, 0.2) is 36.4 Å². The zero-order valence-corrected chi connectivity index (χ0v) is 22.2. The second-order valence-electron chi connectivity index (χ2n) is 8.70. The van der Waals surface area contributed by atoms with Crippen molar-refractivity contribution in [3.8, 4) is 0 Å². The molecule has 0 bridgehead atoms. The van der Waals surface area contributed by atoms with Crippen LogP contribution in [0.2, 0.25) is 0 Å². The van der Waals surface area contributed by atoms with Crippen molar-refractivity contribution in [3.05, 3.63) is 47.5 Å². The Morgan fingerprint density at radius 1 is 1.03 bits per heavy atom. The highest BCUT2D eigenvalue weighted by molar-refractivity contribution is 7.92. The average molecular weight is 510 g/mol. The normalized spacial score (nSPS) is 13.8. The number of hydrogen-bond donors (Lipinski definition) is 2. The lowest BCUT2D eigenvalue weighted by Crippen LogP contribution is -2.47. The molecule has 10 heteroatoms. The highest BCUT2D eigenvalue weighted by Gasteiger charge is 2.25. The standard InChI is InChI=1S/C24H35N5O3S.ClH/c1-6-11-25-23-19(24(30)27(3)4)16-18(2)17-22(23)29-14-12-28(13-15-29)21-10-8-7-9-20(21)26-33(5,31)32;/h7-10,16-17,25-26H,6,11-15H2,1-5H3;1H. The molecular weight excluding hydrogens is 474 g/mol. The monoisotopic (exact) mass is 509 g/mol. The Labute approximate surface area is 209 Å². The number of carbonyl (C=O) groups excluding carboxylic acids is 1. The molecule has 1 heterocycles. The number of piperazine rings is 1. The zero-order chi connectivity index (χ0) is 24.2. The summed E-state index contributed by atoms with van der Waals surface area (Å²) in [5.41, 5.74) is 5.12. The molecule has 1 amide bonds. The molecule has 1 fully saturated rings. The van der Waals surface area contributed by atoms with Gasteiger partial charge in [-0.25, -0.2) is 8.42 Å². The highest BCUT2D eigenvalue weighted by atomic mass is 35.5. The Morgan fingerprint density at radius 2 is 1.62 bits per heavy atom. The fourth-order valence-corrected chi connectivity index (χ4v) is 4.66. The van der Waals surface area contributed by atoms with Crippen LogP contribution in [0.1, 0.15) is 29.3 Å². The number of hydrogen-bond acceptors (Lipinski definition) is 6. The second kappa shape index (κ2) is 11.7. The van der Waals surface area contributed by atoms with Crippen LogP contribution in [0, 0.1) is 6.92 Å². The molecule has 0 unspecified atom stereocenters. The molecule has 2 aromatic carbocycles. The van der Waals surface area contributed by atoms with E-state index in [1.807, 2.05) is 31.2 Å². The first kappa shape index (κ1) is 27.6. The van der Waals surface area contributed by atoms with Crippen LogP contribution in [0.3, 0.4) is 0 Å². The van der Waals surface area contributed by atoms with Crippen molar-refractivity contribution < 1.29 is 13.2 Å². The molecule has 2 aromatic rings. The minimum Gasteiger partial charge on any atom is -0.383 e. The van der Waals surface area contributed by atoms with E-state index in [-0.39, 0.29) is 18.3 Å². The van der Waals surface area contributed by atoms with Gasteiger partial charge in [0.15, 0.2) is 0 Å². The number of anilines is 4. The maximum absolute atomic E-state index is 12.9. The third-order valence-corrected chi connectivity index (χ3v) is 6.20. The Morgan fingerprint density at radius 3 is 2.18 bits per heavy atom. The van der Waals surface area contributed by atoms with E-state index in [4.69, 9.17) is 0 Å². The van der Waals surface area contributed by atoms with Crippen molar-refractivity contribution in [2.24, 2.45) is 0 Å². The molecule has 188 valence electrons. The number of para-hydroxylation sites is 2. The molecule has 1 aliphatic rings. The number of carbonyl (C=O) groups is 1. The van der Waals surface area contributed by atoms with Gasteiger partial charge >= 0.3 is 0 Å². The number of rotatable bonds is 8. The maximum atomic E-state index is 12.9. The molecule has 34 heavy (non-hydrogen) atoms. The first-order valence-electron chi connectivity index (χ1n) is 11.3. The van der Waals surface area contributed by atoms with Crippen molar-refractivity contribution in [1.82, 2.24) is 4.90 Å². The second-order valence-corrected chi connectivity index (χ2v) is 10.4. The summed E-state index contributed by atoms with van der Waals surface area (Å²) >= 11 is 0. The highest BCUT2D eigenvalue weighted by Crippen LogP contribution is 2.34. The molecule has 0 radical (unpaired) electrons. The predicted molar refractivity (Wildman–Crippen MR) is 145 cm³/mol. The van der Waals surface area contributed by atoms with Crippen LogP contribution >= 0.6 is 12.4 Å². The van der Waals surface area contributed by atoms with Gasteiger partial charge in [-0.2, -0.15) is 0 Å². The molecule has 2 N–H and O–H groups in total. The first-order valence-corrected chi connectivity index (χ1v) is 13.2. The van der Waals surface area contributed by atoms with Crippen LogP contribution in [0.5, 0.6) is 0 Å². The number of halogens is 1. The van der Waals surface area contributed by atoms with Gasteiger partial charge in [-0.1, -0.05) is 19.1 Å². The molecule has 0 aromatic heterocycles. The van der Waals surface area contributed by atoms with E-state index in [9.17, 15) is 13.2 Å². The van der Waals surface area contributed by atoms with Crippen LogP contribution in [-0.4, -0.2) is 72.3 Å². The van der Waals surface area contributed by atoms with Crippen LogP contribution in [0.4, 0.5) is 22.7 Å². The fraction of sp³-hybridized carbons (Fsp3) is 0.458. The minimum absolute atomic E-state index is 0. The lowest BCUT2D eigenvalue weighted by Gasteiger charge is -2.39. The van der Waals surface area contributed by atoms with E-state index in [1.165, 1.54) is 0 Å². The Kier molecular flexibility index (Phi) is 9.46. The number of amides is 1. The third kappa shape index (κ3) is 6.70. The van der Waals surface area contributed by atoms with E-state index in [0.29, 0.717) is 11.3 Å². The van der Waals surface area contributed by atoms with Crippen LogP contribution in [0.25, 0.3) is 0 Å². The number of aryl methyl sites for hydroxylation is 1. The summed E-state index contributed by atoms with van der Waals surface area (Å²) in [6.45, 7) is 7.90. The van der Waals surface area contributed by atoms with E-state index >= 15 is 0 Å². The lowest BCUT2D eigenvalue weighted by molar-refractivity contribution is 0.0828. The maximum Gasteiger partial charge on any atom is 0.255 e. The van der Waals surface area contributed by atoms with E-state index in [2.05, 4.69) is 32.8 Å². The van der Waals surface area contributed by atoms with Crippen molar-refractivity contribution >= 4 is 51.1 Å². The average Bonchev–Trinajstić information content (AvgIpc) is 2.76. The minimum atomic E-state index is -3.36. The largest absolute Gasteiger partial charge is 0.383 e. The summed E-state index contributed by atoms with van der Waals surface area (Å²) in [5.74, 6) is -0.0158. The van der Waals surface area contributed by atoms with Gasteiger partial charge in [0, 0.05) is 46.8 Å². The summed E-state index contributed by atoms with van der Waals surface area (Å²) in [6.07, 6.45) is 2.12. The lowest BCUT2D eigenvalue weighted by atomic mass is 10.0. The quantitative estimate of drug-likeness (QED) is 0.565. The smallest absolute Gasteiger partial charge is 0.255 e. The molecule has 1 saturated heterocycles. The molecule has 0 spiro atoms. The SMILES string of the molecule is CCCNc1c(C(=O)N(C)C)cc(C)cc1N1CCN(c2ccccc2NS(C)(=O)=O)CC1.Cl. The van der Waals surface area contributed by atoms with Crippen LogP contribution in [-0.2, 0) is 10.0 Å². The van der Waals surface area contributed by atoms with Crippen LogP contribution < -0.4 is 19.8 Å². The number of benzene rings is 2. The zero-order valence-electron chi connectivity index (χ0n) is 20.6. The van der Waals surface area contributed by atoms with Gasteiger partial charge < -0.3 is 20.0 Å². The molecular formula is C24H36ClN5O3S. The Balaban J connectivity index is 0.00000408. The molecule has 0 saturated carbocycles. The summed E-state index contributed by atoms with van der Waals surface area (Å²) in [5, 5.41) is 3.49. The predicted octanol–water partition coefficient (Wildman–Crippen LogP) is 3.64. The van der Waals surface area contributed by atoms with Crippen molar-refractivity contribution in [2.45, 2.75) is 20.3 Å². The molecule has 0 aliphatic carbocycles. The summed E-state index contributed by atoms with van der Waals surface area (Å²) < 4.78 is 26.2. The fourth-order valence-electron chi connectivity index (χ4n) is 4.09.